The third kappa shape index (κ3) is 2.10. The highest BCUT2D eigenvalue weighted by atomic mass is 35.5. The first-order valence-electron chi connectivity index (χ1n) is 6.40. The van der Waals surface area contributed by atoms with Crippen molar-refractivity contribution >= 4 is 11.6 Å². The predicted octanol–water partition coefficient (Wildman–Crippen LogP) is 3.76. The maximum absolute atomic E-state index is 13.3. The fourth-order valence-electron chi connectivity index (χ4n) is 2.89. The Morgan fingerprint density at radius 2 is 2.11 bits per heavy atom. The maximum Gasteiger partial charge on any atom is 0.145 e. The largest absolute Gasteiger partial charge is 0.490 e. The Bertz CT molecular complexity index is 434. The topological polar surface area (TPSA) is 35.2 Å². The van der Waals surface area contributed by atoms with Crippen molar-refractivity contribution in [2.24, 2.45) is 11.1 Å². The van der Waals surface area contributed by atoms with Crippen LogP contribution in [0.15, 0.2) is 18.2 Å². The summed E-state index contributed by atoms with van der Waals surface area (Å²) in [5.74, 6) is 0.0801. The van der Waals surface area contributed by atoms with E-state index in [0.717, 1.165) is 19.3 Å². The first-order valence-corrected chi connectivity index (χ1v) is 6.78. The first kappa shape index (κ1) is 13.6. The van der Waals surface area contributed by atoms with Gasteiger partial charge in [-0.05, 0) is 25.0 Å². The molecule has 1 aliphatic rings. The molecular weight excluding hydrogens is 253 g/mol. The lowest BCUT2D eigenvalue weighted by atomic mass is 9.59. The maximum atomic E-state index is 13.3. The molecule has 2 nitrogen and oxygen atoms in total. The van der Waals surface area contributed by atoms with Gasteiger partial charge in [0.2, 0.25) is 0 Å². The zero-order valence-corrected chi connectivity index (χ0v) is 11.5. The van der Waals surface area contributed by atoms with Crippen LogP contribution in [-0.2, 0) is 0 Å². The molecule has 1 fully saturated rings. The van der Waals surface area contributed by atoms with Crippen LogP contribution in [0.3, 0.4) is 0 Å². The van der Waals surface area contributed by atoms with Crippen LogP contribution >= 0.6 is 11.6 Å². The van der Waals surface area contributed by atoms with Crippen molar-refractivity contribution in [1.82, 2.24) is 0 Å². The van der Waals surface area contributed by atoms with E-state index in [-0.39, 0.29) is 22.6 Å². The molecule has 0 bridgehead atoms. The van der Waals surface area contributed by atoms with Gasteiger partial charge in [0.15, 0.2) is 0 Å². The molecule has 0 aliphatic heterocycles. The molecule has 100 valence electrons. The van der Waals surface area contributed by atoms with E-state index in [0.29, 0.717) is 5.75 Å². The molecule has 1 aromatic rings. The monoisotopic (exact) mass is 271 g/mol. The number of hydrogen-bond acceptors (Lipinski definition) is 2. The number of halogens is 2. The highest BCUT2D eigenvalue weighted by Gasteiger charge is 2.52. The standard InChI is InChI=1S/C14H19ClFNO/c1-3-14(4-2)12(17)8-13(14)18-9-5-6-10(15)11(16)7-9/h5-7,12-13H,3-4,8,17H2,1-2H3. The second kappa shape index (κ2) is 5.06. The van der Waals surface area contributed by atoms with Gasteiger partial charge in [-0.2, -0.15) is 0 Å². The van der Waals surface area contributed by atoms with E-state index in [1.54, 1.807) is 6.07 Å². The predicted molar refractivity (Wildman–Crippen MR) is 71.4 cm³/mol. The molecular formula is C14H19ClFNO. The lowest BCUT2D eigenvalue weighted by molar-refractivity contribution is -0.0723. The number of benzene rings is 1. The molecule has 18 heavy (non-hydrogen) atoms. The number of rotatable bonds is 4. The van der Waals surface area contributed by atoms with Crippen LogP contribution in [0, 0.1) is 11.2 Å². The molecule has 0 aromatic heterocycles. The highest BCUT2D eigenvalue weighted by Crippen LogP contribution is 2.47. The van der Waals surface area contributed by atoms with Crippen molar-refractivity contribution < 1.29 is 9.13 Å². The molecule has 2 unspecified atom stereocenters. The van der Waals surface area contributed by atoms with E-state index in [9.17, 15) is 4.39 Å². The average Bonchev–Trinajstić information content (AvgIpc) is 2.35. The summed E-state index contributed by atoms with van der Waals surface area (Å²) in [5.41, 5.74) is 6.13. The zero-order chi connectivity index (χ0) is 13.3. The molecule has 1 saturated carbocycles. The summed E-state index contributed by atoms with van der Waals surface area (Å²) >= 11 is 5.65. The van der Waals surface area contributed by atoms with Crippen LogP contribution in [0.2, 0.25) is 5.02 Å². The molecule has 0 saturated heterocycles. The van der Waals surface area contributed by atoms with Crippen molar-refractivity contribution in [3.05, 3.63) is 29.0 Å². The summed E-state index contributed by atoms with van der Waals surface area (Å²) in [7, 11) is 0. The van der Waals surface area contributed by atoms with Gasteiger partial charge >= 0.3 is 0 Å². The van der Waals surface area contributed by atoms with E-state index in [1.807, 2.05) is 0 Å². The summed E-state index contributed by atoms with van der Waals surface area (Å²) in [5, 5.41) is 0.116. The summed E-state index contributed by atoms with van der Waals surface area (Å²) in [6.45, 7) is 4.25. The second-order valence-electron chi connectivity index (χ2n) is 4.96. The van der Waals surface area contributed by atoms with Crippen molar-refractivity contribution in [2.45, 2.75) is 45.3 Å². The molecule has 0 radical (unpaired) electrons. The second-order valence-corrected chi connectivity index (χ2v) is 5.37. The van der Waals surface area contributed by atoms with Gasteiger partial charge in [0.1, 0.15) is 17.7 Å². The van der Waals surface area contributed by atoms with Gasteiger partial charge in [-0.25, -0.2) is 4.39 Å². The molecule has 1 aliphatic carbocycles. The fraction of sp³-hybridized carbons (Fsp3) is 0.571. The Balaban J connectivity index is 2.12. The van der Waals surface area contributed by atoms with E-state index < -0.39 is 5.82 Å². The molecule has 0 spiro atoms. The van der Waals surface area contributed by atoms with Crippen LogP contribution < -0.4 is 10.5 Å². The fourth-order valence-corrected chi connectivity index (χ4v) is 3.01. The Kier molecular flexibility index (Phi) is 3.83. The van der Waals surface area contributed by atoms with Gasteiger partial charge in [-0.3, -0.25) is 0 Å². The third-order valence-corrected chi connectivity index (χ3v) is 4.64. The molecule has 2 atom stereocenters. The van der Waals surface area contributed by atoms with E-state index in [2.05, 4.69) is 13.8 Å². The molecule has 0 amide bonds. The van der Waals surface area contributed by atoms with Crippen molar-refractivity contribution in [3.8, 4) is 5.75 Å². The van der Waals surface area contributed by atoms with Crippen molar-refractivity contribution in [1.29, 1.82) is 0 Å². The summed E-state index contributed by atoms with van der Waals surface area (Å²) in [4.78, 5) is 0. The Morgan fingerprint density at radius 3 is 2.61 bits per heavy atom. The average molecular weight is 272 g/mol. The van der Waals surface area contributed by atoms with Crippen LogP contribution in [0.4, 0.5) is 4.39 Å². The number of ether oxygens (including phenoxy) is 1. The molecule has 1 aromatic carbocycles. The lowest BCUT2D eigenvalue weighted by Crippen LogP contribution is -2.62. The summed E-state index contributed by atoms with van der Waals surface area (Å²) in [6, 6.07) is 4.73. The van der Waals surface area contributed by atoms with Crippen molar-refractivity contribution in [3.63, 3.8) is 0 Å². The minimum Gasteiger partial charge on any atom is -0.490 e. The minimum absolute atomic E-state index is 0.0239. The lowest BCUT2D eigenvalue weighted by Gasteiger charge is -2.53. The highest BCUT2D eigenvalue weighted by molar-refractivity contribution is 6.30. The Hall–Kier alpha value is -0.800. The third-order valence-electron chi connectivity index (χ3n) is 4.33. The molecule has 0 heterocycles. The molecule has 2 N–H and O–H groups in total. The first-order chi connectivity index (χ1) is 8.53. The van der Waals surface area contributed by atoms with Crippen LogP contribution in [0.1, 0.15) is 33.1 Å². The summed E-state index contributed by atoms with van der Waals surface area (Å²) < 4.78 is 19.2. The van der Waals surface area contributed by atoms with Crippen LogP contribution in [0.25, 0.3) is 0 Å². The van der Waals surface area contributed by atoms with Crippen molar-refractivity contribution in [2.75, 3.05) is 0 Å². The van der Waals surface area contributed by atoms with Gasteiger partial charge in [-0.15, -0.1) is 0 Å². The zero-order valence-electron chi connectivity index (χ0n) is 10.7. The normalized spacial score (nSPS) is 25.6. The number of hydrogen-bond donors (Lipinski definition) is 1. The minimum atomic E-state index is -0.448. The van der Waals surface area contributed by atoms with Gasteiger partial charge in [0, 0.05) is 23.9 Å². The van der Waals surface area contributed by atoms with Crippen LogP contribution in [0.5, 0.6) is 5.75 Å². The van der Waals surface area contributed by atoms with E-state index >= 15 is 0 Å². The Labute approximate surface area is 112 Å². The molecule has 2 rings (SSSR count). The Morgan fingerprint density at radius 1 is 1.44 bits per heavy atom. The van der Waals surface area contributed by atoms with Gasteiger partial charge < -0.3 is 10.5 Å². The summed E-state index contributed by atoms with van der Waals surface area (Å²) in [6.07, 6.45) is 2.85. The van der Waals surface area contributed by atoms with Gasteiger partial charge in [0.25, 0.3) is 0 Å². The quantitative estimate of drug-likeness (QED) is 0.905. The van der Waals surface area contributed by atoms with Crippen LogP contribution in [-0.4, -0.2) is 12.1 Å². The smallest absolute Gasteiger partial charge is 0.145 e. The molecule has 4 heteroatoms. The SMILES string of the molecule is CCC1(CC)C(N)CC1Oc1ccc(Cl)c(F)c1. The van der Waals surface area contributed by atoms with E-state index in [1.165, 1.54) is 12.1 Å². The number of nitrogens with two attached hydrogens (primary N) is 1. The van der Waals surface area contributed by atoms with Gasteiger partial charge in [0.05, 0.1) is 5.02 Å². The van der Waals surface area contributed by atoms with Gasteiger partial charge in [-0.1, -0.05) is 25.4 Å². The van der Waals surface area contributed by atoms with E-state index in [4.69, 9.17) is 22.1 Å².